The summed E-state index contributed by atoms with van der Waals surface area (Å²) in [5, 5.41) is 4.18. The summed E-state index contributed by atoms with van der Waals surface area (Å²) in [6.07, 6.45) is 1.09. The predicted octanol–water partition coefficient (Wildman–Crippen LogP) is 4.22. The number of nitrogens with zero attached hydrogens (tertiary/aromatic N) is 4. The smallest absolute Gasteiger partial charge is 0.257 e. The van der Waals surface area contributed by atoms with Crippen LogP contribution >= 0.6 is 15.9 Å². The third kappa shape index (κ3) is 5.44. The van der Waals surface area contributed by atoms with Gasteiger partial charge in [-0.05, 0) is 49.3 Å². The zero-order valence-electron chi connectivity index (χ0n) is 17.9. The Bertz CT molecular complexity index is 996. The van der Waals surface area contributed by atoms with Gasteiger partial charge in [0.05, 0.1) is 20.8 Å². The summed E-state index contributed by atoms with van der Waals surface area (Å²) >= 11 is 3.68. The van der Waals surface area contributed by atoms with Crippen molar-refractivity contribution in [1.82, 2.24) is 19.9 Å². The molecule has 3 aromatic rings. The Hall–Kier alpha value is -2.42. The van der Waals surface area contributed by atoms with Crippen molar-refractivity contribution in [3.63, 3.8) is 0 Å². The maximum absolute atomic E-state index is 5.47. The van der Waals surface area contributed by atoms with Crippen LogP contribution in [-0.4, -0.2) is 60.3 Å². The number of benzene rings is 2. The normalized spacial score (nSPS) is 15.6. The quantitative estimate of drug-likeness (QED) is 0.495. The van der Waals surface area contributed by atoms with Crippen LogP contribution in [0, 0.1) is 0 Å². The Balaban J connectivity index is 1.35. The molecule has 0 N–H and O–H groups in total. The number of hydrogen-bond acceptors (Lipinski definition) is 7. The van der Waals surface area contributed by atoms with Gasteiger partial charge in [-0.1, -0.05) is 39.3 Å². The lowest BCUT2D eigenvalue weighted by Gasteiger charge is -2.22. The molecule has 4 rings (SSSR count). The van der Waals surface area contributed by atoms with Crippen molar-refractivity contribution < 1.29 is 14.0 Å². The van der Waals surface area contributed by atoms with E-state index in [1.807, 2.05) is 36.4 Å². The van der Waals surface area contributed by atoms with E-state index >= 15 is 0 Å². The van der Waals surface area contributed by atoms with Crippen molar-refractivity contribution in [2.24, 2.45) is 0 Å². The van der Waals surface area contributed by atoms with Gasteiger partial charge in [0.1, 0.15) is 0 Å². The van der Waals surface area contributed by atoms with Gasteiger partial charge < -0.3 is 14.0 Å². The number of ether oxygens (including phenoxy) is 2. The second-order valence-electron chi connectivity index (χ2n) is 7.59. The highest BCUT2D eigenvalue weighted by molar-refractivity contribution is 9.10. The van der Waals surface area contributed by atoms with Gasteiger partial charge in [-0.15, -0.1) is 0 Å². The van der Waals surface area contributed by atoms with Crippen LogP contribution in [0.4, 0.5) is 0 Å². The highest BCUT2D eigenvalue weighted by Crippen LogP contribution is 2.34. The van der Waals surface area contributed by atoms with Gasteiger partial charge in [-0.2, -0.15) is 4.98 Å². The fourth-order valence-corrected chi connectivity index (χ4v) is 4.26. The van der Waals surface area contributed by atoms with Crippen molar-refractivity contribution in [2.75, 3.05) is 40.4 Å². The first kappa shape index (κ1) is 21.8. The molecule has 0 unspecified atom stereocenters. The molecule has 1 fully saturated rings. The Morgan fingerprint density at radius 2 is 1.61 bits per heavy atom. The van der Waals surface area contributed by atoms with Crippen LogP contribution in [-0.2, 0) is 13.1 Å². The maximum Gasteiger partial charge on any atom is 0.257 e. The highest BCUT2D eigenvalue weighted by Gasteiger charge is 2.19. The van der Waals surface area contributed by atoms with Gasteiger partial charge >= 0.3 is 0 Å². The summed E-state index contributed by atoms with van der Waals surface area (Å²) in [7, 11) is 3.32. The van der Waals surface area contributed by atoms with E-state index in [1.54, 1.807) is 14.2 Å². The molecule has 2 heterocycles. The zero-order valence-corrected chi connectivity index (χ0v) is 19.5. The average molecular weight is 487 g/mol. The second kappa shape index (κ2) is 10.3. The summed E-state index contributed by atoms with van der Waals surface area (Å²) in [6.45, 7) is 5.54. The minimum atomic E-state index is 0.574. The maximum atomic E-state index is 5.47. The topological polar surface area (TPSA) is 63.9 Å². The van der Waals surface area contributed by atoms with Gasteiger partial charge in [0.2, 0.25) is 0 Å². The first-order valence-electron chi connectivity index (χ1n) is 10.4. The van der Waals surface area contributed by atoms with Gasteiger partial charge in [0.25, 0.3) is 5.89 Å². The van der Waals surface area contributed by atoms with Crippen molar-refractivity contribution >= 4 is 15.9 Å². The van der Waals surface area contributed by atoms with E-state index < -0.39 is 0 Å². The molecular weight excluding hydrogens is 460 g/mol. The minimum absolute atomic E-state index is 0.574. The molecule has 1 aliphatic rings. The molecule has 0 saturated carbocycles. The summed E-state index contributed by atoms with van der Waals surface area (Å²) in [4.78, 5) is 9.44. The highest BCUT2D eigenvalue weighted by atomic mass is 79.9. The first-order chi connectivity index (χ1) is 15.2. The van der Waals surface area contributed by atoms with Crippen molar-refractivity contribution in [1.29, 1.82) is 0 Å². The Morgan fingerprint density at radius 1 is 0.935 bits per heavy atom. The number of rotatable bonds is 7. The van der Waals surface area contributed by atoms with Crippen LogP contribution in [0.2, 0.25) is 0 Å². The molecule has 0 aliphatic carbocycles. The number of hydrogen-bond donors (Lipinski definition) is 0. The van der Waals surface area contributed by atoms with E-state index in [0.29, 0.717) is 12.4 Å². The molecule has 0 spiro atoms. The van der Waals surface area contributed by atoms with Crippen LogP contribution in [0.15, 0.2) is 51.5 Å². The second-order valence-corrected chi connectivity index (χ2v) is 8.44. The van der Waals surface area contributed by atoms with Crippen LogP contribution < -0.4 is 9.47 Å². The van der Waals surface area contributed by atoms with Crippen molar-refractivity contribution in [2.45, 2.75) is 19.5 Å². The first-order valence-corrected chi connectivity index (χ1v) is 11.2. The monoisotopic (exact) mass is 486 g/mol. The minimum Gasteiger partial charge on any atom is -0.493 e. The van der Waals surface area contributed by atoms with Crippen LogP contribution in [0.1, 0.15) is 17.8 Å². The fourth-order valence-electron chi connectivity index (χ4n) is 3.82. The molecule has 31 heavy (non-hydrogen) atoms. The molecule has 0 bridgehead atoms. The van der Waals surface area contributed by atoms with E-state index in [1.165, 1.54) is 5.56 Å². The molecule has 0 radical (unpaired) electrons. The molecule has 1 saturated heterocycles. The van der Waals surface area contributed by atoms with E-state index in [9.17, 15) is 0 Å². The van der Waals surface area contributed by atoms with Crippen LogP contribution in [0.25, 0.3) is 11.5 Å². The SMILES string of the molecule is COc1cc(Br)c(CN2CCCN(Cc3noc(-c4ccccc4)n3)CC2)cc1OC. The van der Waals surface area contributed by atoms with Gasteiger partial charge in [-0.3, -0.25) is 9.80 Å². The van der Waals surface area contributed by atoms with Gasteiger partial charge in [0.15, 0.2) is 17.3 Å². The number of aromatic nitrogens is 2. The standard InChI is InChI=1S/C23H27BrN4O3/c1-29-20-13-18(19(24)14-21(20)30-2)15-27-9-6-10-28(12-11-27)16-22-25-23(31-26-22)17-7-4-3-5-8-17/h3-5,7-8,13-14H,6,9-12,15-16H2,1-2H3. The molecule has 164 valence electrons. The molecular formula is C23H27BrN4O3. The Morgan fingerprint density at radius 3 is 2.32 bits per heavy atom. The molecule has 0 atom stereocenters. The summed E-state index contributed by atoms with van der Waals surface area (Å²) in [5.41, 5.74) is 2.14. The Kier molecular flexibility index (Phi) is 7.21. The third-order valence-corrected chi connectivity index (χ3v) is 6.22. The van der Waals surface area contributed by atoms with Crippen molar-refractivity contribution in [3.05, 3.63) is 58.3 Å². The summed E-state index contributed by atoms with van der Waals surface area (Å²) in [6, 6.07) is 13.9. The predicted molar refractivity (Wildman–Crippen MR) is 122 cm³/mol. The third-order valence-electron chi connectivity index (χ3n) is 5.48. The molecule has 8 heteroatoms. The summed E-state index contributed by atoms with van der Waals surface area (Å²) < 4.78 is 17.3. The molecule has 1 aliphatic heterocycles. The van der Waals surface area contributed by atoms with E-state index in [2.05, 4.69) is 41.9 Å². The van der Waals surface area contributed by atoms with E-state index in [4.69, 9.17) is 14.0 Å². The molecule has 0 amide bonds. The number of methoxy groups -OCH3 is 2. The molecule has 7 nitrogen and oxygen atoms in total. The zero-order chi connectivity index (χ0) is 21.6. The lowest BCUT2D eigenvalue weighted by Crippen LogP contribution is -2.30. The molecule has 2 aromatic carbocycles. The van der Waals surface area contributed by atoms with Crippen molar-refractivity contribution in [3.8, 4) is 23.0 Å². The lowest BCUT2D eigenvalue weighted by atomic mass is 10.2. The van der Waals surface area contributed by atoms with E-state index in [-0.39, 0.29) is 0 Å². The van der Waals surface area contributed by atoms with Crippen LogP contribution in [0.5, 0.6) is 11.5 Å². The molecule has 1 aromatic heterocycles. The van der Waals surface area contributed by atoms with Gasteiger partial charge in [0, 0.05) is 29.7 Å². The average Bonchev–Trinajstić information content (AvgIpc) is 3.15. The lowest BCUT2D eigenvalue weighted by molar-refractivity contribution is 0.241. The summed E-state index contributed by atoms with van der Waals surface area (Å²) in [5.74, 6) is 2.79. The van der Waals surface area contributed by atoms with E-state index in [0.717, 1.165) is 66.5 Å². The Labute approximate surface area is 191 Å². The van der Waals surface area contributed by atoms with Gasteiger partial charge in [-0.25, -0.2) is 0 Å². The van der Waals surface area contributed by atoms with Crippen LogP contribution in [0.3, 0.4) is 0 Å². The fraction of sp³-hybridized carbons (Fsp3) is 0.391. The largest absolute Gasteiger partial charge is 0.493 e. The number of halogens is 1.